The molecule has 0 unspecified atom stereocenters. The van der Waals surface area contributed by atoms with Gasteiger partial charge >= 0.3 is 0 Å². The molecule has 10 rings (SSSR count). The maximum absolute atomic E-state index is 14.0. The van der Waals surface area contributed by atoms with Crippen molar-refractivity contribution in [2.45, 2.75) is 0 Å². The Labute approximate surface area is 292 Å². The quantitative estimate of drug-likeness (QED) is 0.185. The summed E-state index contributed by atoms with van der Waals surface area (Å²) in [6, 6.07) is 53.9. The van der Waals surface area contributed by atoms with Gasteiger partial charge in [-0.3, -0.25) is 0 Å². The van der Waals surface area contributed by atoms with Crippen LogP contribution in [0.5, 0.6) is 0 Å². The molecule has 0 bridgehead atoms. The molecule has 0 saturated heterocycles. The summed E-state index contributed by atoms with van der Waals surface area (Å²) in [6.07, 6.45) is 0. The predicted molar refractivity (Wildman–Crippen MR) is 204 cm³/mol. The number of benzene rings is 7. The van der Waals surface area contributed by atoms with E-state index in [1.165, 1.54) is 12.1 Å². The summed E-state index contributed by atoms with van der Waals surface area (Å²) >= 11 is 0. The number of aromatic nitrogens is 2. The second kappa shape index (κ2) is 11.6. The minimum atomic E-state index is -0.293. The monoisotopic (exact) mass is 658 g/mol. The van der Waals surface area contributed by atoms with E-state index in [1.807, 2.05) is 84.9 Å². The first-order chi connectivity index (χ1) is 25.1. The van der Waals surface area contributed by atoms with Gasteiger partial charge in [0.1, 0.15) is 28.1 Å². The Hall–Kier alpha value is -6.85. The maximum atomic E-state index is 14.0. The van der Waals surface area contributed by atoms with Crippen molar-refractivity contribution in [3.63, 3.8) is 0 Å². The summed E-state index contributed by atoms with van der Waals surface area (Å²) in [6.45, 7) is 0. The lowest BCUT2D eigenvalue weighted by Crippen LogP contribution is -1.97. The lowest BCUT2D eigenvalue weighted by molar-refractivity contribution is 0.628. The van der Waals surface area contributed by atoms with Gasteiger partial charge in [0.2, 0.25) is 0 Å². The fourth-order valence-electron chi connectivity index (χ4n) is 7.00. The second-order valence-corrected chi connectivity index (χ2v) is 12.8. The number of rotatable bonds is 5. The third-order valence-electron chi connectivity index (χ3n) is 9.55. The van der Waals surface area contributed by atoms with Gasteiger partial charge in [0, 0.05) is 38.2 Å². The molecule has 0 aliphatic heterocycles. The van der Waals surface area contributed by atoms with E-state index in [9.17, 15) is 4.39 Å². The van der Waals surface area contributed by atoms with Crippen LogP contribution in [0.25, 0.3) is 100 Å². The number of para-hydroxylation sites is 2. The smallest absolute Gasteiger partial charge is 0.160 e. The SMILES string of the molecule is Fc1ccc(-c2cc(-c3ccccc3)nc(-c3cc(-c4ccc5oc6ccccc6c5c4)cc(-c4ccc5oc6ccccc6c5c4)c3)n2)cc1. The van der Waals surface area contributed by atoms with Crippen molar-refractivity contribution < 1.29 is 13.2 Å². The van der Waals surface area contributed by atoms with Crippen molar-refractivity contribution in [3.8, 4) is 56.2 Å². The number of hydrogen-bond acceptors (Lipinski definition) is 4. The highest BCUT2D eigenvalue weighted by Crippen LogP contribution is 2.39. The largest absolute Gasteiger partial charge is 0.456 e. The summed E-state index contributed by atoms with van der Waals surface area (Å²) in [4.78, 5) is 10.2. The molecule has 3 heterocycles. The van der Waals surface area contributed by atoms with Crippen LogP contribution in [-0.2, 0) is 0 Å². The zero-order chi connectivity index (χ0) is 33.9. The standard InChI is InChI=1S/C46H27FN2O2/c47-35-18-14-29(15-19-35)41-27-40(28-8-2-1-3-9-28)48-46(49-41)34-23-32(30-16-20-44-38(25-30)36-10-4-6-12-42(36)50-44)22-33(24-34)31-17-21-45-39(26-31)37-11-5-7-13-43(37)51-45/h1-27H. The molecular formula is C46H27FN2O2. The maximum Gasteiger partial charge on any atom is 0.160 e. The van der Waals surface area contributed by atoms with Crippen LogP contribution in [0.4, 0.5) is 4.39 Å². The van der Waals surface area contributed by atoms with Crippen molar-refractivity contribution in [2.24, 2.45) is 0 Å². The fourth-order valence-corrected chi connectivity index (χ4v) is 7.00. The van der Waals surface area contributed by atoms with Crippen molar-refractivity contribution >= 4 is 43.9 Å². The summed E-state index contributed by atoms with van der Waals surface area (Å²) in [7, 11) is 0. The molecule has 10 aromatic rings. The molecule has 0 saturated carbocycles. The van der Waals surface area contributed by atoms with Gasteiger partial charge in [-0.25, -0.2) is 14.4 Å². The van der Waals surface area contributed by atoms with Gasteiger partial charge in [-0.15, -0.1) is 0 Å². The lowest BCUT2D eigenvalue weighted by Gasteiger charge is -2.13. The summed E-state index contributed by atoms with van der Waals surface area (Å²) in [5.74, 6) is 0.279. The summed E-state index contributed by atoms with van der Waals surface area (Å²) in [5, 5.41) is 4.27. The fraction of sp³-hybridized carbons (Fsp3) is 0. The van der Waals surface area contributed by atoms with Crippen molar-refractivity contribution in [1.29, 1.82) is 0 Å². The molecule has 240 valence electrons. The molecule has 5 heteroatoms. The Balaban J connectivity index is 1.21. The van der Waals surface area contributed by atoms with Gasteiger partial charge in [0.25, 0.3) is 0 Å². The van der Waals surface area contributed by atoms with Crippen LogP contribution in [0.1, 0.15) is 0 Å². The highest BCUT2D eigenvalue weighted by atomic mass is 19.1. The van der Waals surface area contributed by atoms with E-state index >= 15 is 0 Å². The van der Waals surface area contributed by atoms with Gasteiger partial charge in [0.05, 0.1) is 11.4 Å². The van der Waals surface area contributed by atoms with E-state index in [0.29, 0.717) is 11.5 Å². The molecule has 7 aromatic carbocycles. The van der Waals surface area contributed by atoms with Gasteiger partial charge in [-0.05, 0) is 107 Å². The highest BCUT2D eigenvalue weighted by molar-refractivity contribution is 6.07. The van der Waals surface area contributed by atoms with Gasteiger partial charge in [-0.1, -0.05) is 78.9 Å². The number of fused-ring (bicyclic) bond motifs is 6. The zero-order valence-electron chi connectivity index (χ0n) is 27.2. The zero-order valence-corrected chi connectivity index (χ0v) is 27.2. The van der Waals surface area contributed by atoms with Crippen LogP contribution in [0.2, 0.25) is 0 Å². The van der Waals surface area contributed by atoms with Crippen LogP contribution >= 0.6 is 0 Å². The average molecular weight is 659 g/mol. The molecule has 0 aliphatic rings. The molecule has 4 nitrogen and oxygen atoms in total. The topological polar surface area (TPSA) is 52.1 Å². The van der Waals surface area contributed by atoms with E-state index in [1.54, 1.807) is 12.1 Å². The summed E-state index contributed by atoms with van der Waals surface area (Å²) < 4.78 is 26.3. The minimum absolute atomic E-state index is 0.293. The first-order valence-electron chi connectivity index (χ1n) is 16.8. The van der Waals surface area contributed by atoms with Gasteiger partial charge in [-0.2, -0.15) is 0 Å². The van der Waals surface area contributed by atoms with E-state index in [-0.39, 0.29) is 5.82 Å². The minimum Gasteiger partial charge on any atom is -0.456 e. The van der Waals surface area contributed by atoms with Gasteiger partial charge < -0.3 is 8.83 Å². The normalized spacial score (nSPS) is 11.6. The van der Waals surface area contributed by atoms with E-state index in [4.69, 9.17) is 18.8 Å². The molecule has 0 radical (unpaired) electrons. The third kappa shape index (κ3) is 5.15. The first kappa shape index (κ1) is 29.1. The Bertz CT molecular complexity index is 2790. The molecular weight excluding hydrogens is 632 g/mol. The predicted octanol–water partition coefficient (Wildman–Crippen LogP) is 12.7. The molecule has 0 aliphatic carbocycles. The van der Waals surface area contributed by atoms with Crippen molar-refractivity contribution in [1.82, 2.24) is 9.97 Å². The van der Waals surface area contributed by atoms with E-state index < -0.39 is 0 Å². The number of halogens is 1. The average Bonchev–Trinajstić information content (AvgIpc) is 3.76. The first-order valence-corrected chi connectivity index (χ1v) is 16.8. The number of furan rings is 2. The van der Waals surface area contributed by atoms with Crippen molar-refractivity contribution in [2.75, 3.05) is 0 Å². The molecule has 0 amide bonds. The molecule has 0 N–H and O–H groups in total. The number of hydrogen-bond donors (Lipinski definition) is 0. The molecule has 51 heavy (non-hydrogen) atoms. The van der Waals surface area contributed by atoms with Gasteiger partial charge in [0.15, 0.2) is 5.82 Å². The molecule has 0 fully saturated rings. The Kier molecular flexibility index (Phi) is 6.64. The molecule has 0 spiro atoms. The van der Waals surface area contributed by atoms with E-state index in [0.717, 1.165) is 88.5 Å². The third-order valence-corrected chi connectivity index (χ3v) is 9.55. The molecule has 3 aromatic heterocycles. The van der Waals surface area contributed by atoms with Crippen LogP contribution in [0.3, 0.4) is 0 Å². The Morgan fingerprint density at radius 3 is 1.35 bits per heavy atom. The highest BCUT2D eigenvalue weighted by Gasteiger charge is 2.16. The van der Waals surface area contributed by atoms with Crippen molar-refractivity contribution in [3.05, 3.63) is 170 Å². The Morgan fingerprint density at radius 2 is 0.784 bits per heavy atom. The van der Waals surface area contributed by atoms with Crippen LogP contribution in [0, 0.1) is 5.82 Å². The summed E-state index contributed by atoms with van der Waals surface area (Å²) in [5.41, 5.74) is 11.7. The van der Waals surface area contributed by atoms with E-state index in [2.05, 4.69) is 54.6 Å². The Morgan fingerprint density at radius 1 is 0.333 bits per heavy atom. The van der Waals surface area contributed by atoms with Crippen LogP contribution < -0.4 is 0 Å². The second-order valence-electron chi connectivity index (χ2n) is 12.8. The van der Waals surface area contributed by atoms with Crippen LogP contribution in [0.15, 0.2) is 173 Å². The lowest BCUT2D eigenvalue weighted by atomic mass is 9.94. The molecule has 0 atom stereocenters. The van der Waals surface area contributed by atoms with Crippen LogP contribution in [-0.4, -0.2) is 9.97 Å². The number of nitrogens with zero attached hydrogens (tertiary/aromatic N) is 2.